The number of phenols is 1. The fourth-order valence-corrected chi connectivity index (χ4v) is 11.9. The van der Waals surface area contributed by atoms with Crippen LogP contribution in [0.5, 0.6) is 5.75 Å². The van der Waals surface area contributed by atoms with E-state index in [-0.39, 0.29) is 39.7 Å². The van der Waals surface area contributed by atoms with E-state index in [2.05, 4.69) is 54.2 Å². The SMILES string of the molecule is C=C1CC[C@]2(C(=O)O)CC[C@]3(C)C(=CC[C@@H]4[C@@]5(C)C[C@@H](O)[C@@H](OC(=O)/C=C/c6ccc(O)cc6)C(C)(C)[C@@H]5CC[C@]43C)[C@@H]2[C@H]1C. The van der Waals surface area contributed by atoms with E-state index in [9.17, 15) is 24.9 Å². The van der Waals surface area contributed by atoms with Crippen molar-refractivity contribution in [2.24, 2.45) is 50.7 Å². The van der Waals surface area contributed by atoms with Crippen molar-refractivity contribution in [3.8, 4) is 5.75 Å². The number of benzene rings is 1. The summed E-state index contributed by atoms with van der Waals surface area (Å²) >= 11 is 0. The van der Waals surface area contributed by atoms with Crippen molar-refractivity contribution in [2.45, 2.75) is 105 Å². The number of aliphatic hydroxyl groups is 1. The van der Waals surface area contributed by atoms with Crippen molar-refractivity contribution in [3.05, 3.63) is 59.7 Å². The Hall–Kier alpha value is -2.86. The molecule has 0 aromatic heterocycles. The molecular formula is C39H52O6. The highest BCUT2D eigenvalue weighted by Gasteiger charge is 2.70. The molecule has 6 rings (SSSR count). The van der Waals surface area contributed by atoms with Gasteiger partial charge in [0.15, 0.2) is 0 Å². The number of aromatic hydroxyl groups is 1. The van der Waals surface area contributed by atoms with Crippen LogP contribution in [-0.2, 0) is 14.3 Å². The first-order valence-electron chi connectivity index (χ1n) is 17.0. The van der Waals surface area contributed by atoms with Crippen molar-refractivity contribution in [1.82, 2.24) is 0 Å². The van der Waals surface area contributed by atoms with Gasteiger partial charge in [0.05, 0.1) is 11.5 Å². The summed E-state index contributed by atoms with van der Waals surface area (Å²) < 4.78 is 6.04. The van der Waals surface area contributed by atoms with Crippen LogP contribution in [0.4, 0.5) is 0 Å². The molecule has 0 radical (unpaired) electrons. The van der Waals surface area contributed by atoms with Gasteiger partial charge in [0.1, 0.15) is 11.9 Å². The van der Waals surface area contributed by atoms with Crippen LogP contribution in [0.2, 0.25) is 0 Å². The number of carboxylic acids is 1. The van der Waals surface area contributed by atoms with Gasteiger partial charge >= 0.3 is 11.9 Å². The summed E-state index contributed by atoms with van der Waals surface area (Å²) in [5.41, 5.74) is 1.81. The molecule has 5 aliphatic rings. The molecule has 0 spiro atoms. The maximum Gasteiger partial charge on any atom is 0.331 e. The number of carboxylic acid groups (broad SMARTS) is 1. The van der Waals surface area contributed by atoms with Crippen LogP contribution in [0.15, 0.2) is 54.1 Å². The van der Waals surface area contributed by atoms with Gasteiger partial charge in [0, 0.05) is 17.4 Å². The van der Waals surface area contributed by atoms with Crippen LogP contribution in [0.25, 0.3) is 6.08 Å². The molecule has 4 saturated carbocycles. The van der Waals surface area contributed by atoms with E-state index in [1.54, 1.807) is 30.3 Å². The second kappa shape index (κ2) is 10.6. The molecule has 244 valence electrons. The monoisotopic (exact) mass is 616 g/mol. The number of phenolic OH excluding ortho intramolecular Hbond substituents is 1. The Balaban J connectivity index is 1.30. The van der Waals surface area contributed by atoms with Gasteiger partial charge < -0.3 is 20.1 Å². The van der Waals surface area contributed by atoms with Crippen LogP contribution < -0.4 is 0 Å². The van der Waals surface area contributed by atoms with E-state index < -0.39 is 35.0 Å². The fraction of sp³-hybridized carbons (Fsp3) is 0.641. The minimum absolute atomic E-state index is 0.0230. The van der Waals surface area contributed by atoms with E-state index in [0.717, 1.165) is 37.7 Å². The minimum atomic E-state index is -0.791. The number of esters is 1. The molecule has 0 amide bonds. The molecule has 1 aromatic carbocycles. The van der Waals surface area contributed by atoms with Gasteiger partial charge in [-0.15, -0.1) is 0 Å². The maximum atomic E-state index is 13.0. The number of hydrogen-bond donors (Lipinski definition) is 3. The van der Waals surface area contributed by atoms with Gasteiger partial charge in [-0.05, 0) is 109 Å². The van der Waals surface area contributed by atoms with Crippen molar-refractivity contribution in [1.29, 1.82) is 0 Å². The zero-order chi connectivity index (χ0) is 32.7. The molecule has 4 fully saturated rings. The van der Waals surface area contributed by atoms with Gasteiger partial charge in [0.2, 0.25) is 0 Å². The lowest BCUT2D eigenvalue weighted by Crippen LogP contribution is -2.67. The minimum Gasteiger partial charge on any atom is -0.508 e. The number of aliphatic carboxylic acids is 1. The summed E-state index contributed by atoms with van der Waals surface area (Å²) in [7, 11) is 0. The average molecular weight is 617 g/mol. The predicted molar refractivity (Wildman–Crippen MR) is 175 cm³/mol. The largest absolute Gasteiger partial charge is 0.508 e. The Labute approximate surface area is 268 Å². The first-order valence-corrected chi connectivity index (χ1v) is 17.0. The molecular weight excluding hydrogens is 564 g/mol. The molecule has 0 aliphatic heterocycles. The lowest BCUT2D eigenvalue weighted by Gasteiger charge is -2.71. The average Bonchev–Trinajstić information content (AvgIpc) is 2.97. The number of hydrogen-bond acceptors (Lipinski definition) is 5. The summed E-state index contributed by atoms with van der Waals surface area (Å²) in [6.45, 7) is 18.1. The van der Waals surface area contributed by atoms with Crippen molar-refractivity contribution in [3.63, 3.8) is 0 Å². The highest BCUT2D eigenvalue weighted by Crippen LogP contribution is 2.75. The standard InChI is InChI=1S/C39H52O6/c1-23-16-19-39(34(43)44)21-20-37(6)27(32(39)24(23)2)13-14-30-36(5)22-28(41)33(35(3,4)29(36)17-18-38(30,37)7)45-31(42)15-10-25-8-11-26(40)12-9-25/h8-13,15,24,28-30,32-33,40-41H,1,14,16-22H2,2-7H3,(H,43,44)/b15-10+/t24-,28+,29-,30+,32-,33+,36-,37+,38+,39-/m0/s1. The highest BCUT2D eigenvalue weighted by molar-refractivity contribution is 5.87. The fourth-order valence-electron chi connectivity index (χ4n) is 11.9. The van der Waals surface area contributed by atoms with E-state index in [1.807, 2.05) is 0 Å². The van der Waals surface area contributed by atoms with Crippen molar-refractivity contribution < 1.29 is 29.6 Å². The number of carbonyl (C=O) groups is 2. The molecule has 0 heterocycles. The number of carbonyl (C=O) groups excluding carboxylic acids is 1. The third-order valence-corrected chi connectivity index (χ3v) is 14.4. The van der Waals surface area contributed by atoms with Crippen LogP contribution >= 0.6 is 0 Å². The molecule has 6 nitrogen and oxygen atoms in total. The molecule has 0 unspecified atom stereocenters. The van der Waals surface area contributed by atoms with Gasteiger partial charge in [-0.1, -0.05) is 77.5 Å². The second-order valence-electron chi connectivity index (χ2n) is 16.6. The lowest BCUT2D eigenvalue weighted by atomic mass is 9.33. The third kappa shape index (κ3) is 4.52. The van der Waals surface area contributed by atoms with Crippen LogP contribution in [-0.4, -0.2) is 39.5 Å². The lowest BCUT2D eigenvalue weighted by molar-refractivity contribution is -0.238. The Morgan fingerprint density at radius 1 is 1.00 bits per heavy atom. The molecule has 0 saturated heterocycles. The number of aliphatic hydroxyl groups excluding tert-OH is 1. The second-order valence-corrected chi connectivity index (χ2v) is 16.6. The smallest absolute Gasteiger partial charge is 0.331 e. The molecule has 10 atom stereocenters. The van der Waals surface area contributed by atoms with Crippen molar-refractivity contribution in [2.75, 3.05) is 0 Å². The first kappa shape index (κ1) is 32.1. The quantitative estimate of drug-likeness (QED) is 0.180. The van der Waals surface area contributed by atoms with E-state index in [4.69, 9.17) is 4.74 Å². The number of allylic oxidation sites excluding steroid dienone is 3. The first-order chi connectivity index (χ1) is 21.0. The zero-order valence-corrected chi connectivity index (χ0v) is 27.9. The van der Waals surface area contributed by atoms with E-state index >= 15 is 0 Å². The Kier molecular flexibility index (Phi) is 7.55. The Bertz CT molecular complexity index is 1450. The van der Waals surface area contributed by atoms with Crippen LogP contribution in [0.3, 0.4) is 0 Å². The van der Waals surface area contributed by atoms with Crippen molar-refractivity contribution >= 4 is 18.0 Å². The normalized spacial score (nSPS) is 43.7. The summed E-state index contributed by atoms with van der Waals surface area (Å²) in [5.74, 6) is -0.274. The maximum absolute atomic E-state index is 13.0. The third-order valence-electron chi connectivity index (χ3n) is 14.4. The molecule has 45 heavy (non-hydrogen) atoms. The van der Waals surface area contributed by atoms with Gasteiger partial charge in [-0.2, -0.15) is 0 Å². The molecule has 3 N–H and O–H groups in total. The highest BCUT2D eigenvalue weighted by atomic mass is 16.6. The topological polar surface area (TPSA) is 104 Å². The molecule has 1 aromatic rings. The van der Waals surface area contributed by atoms with Gasteiger partial charge in [-0.3, -0.25) is 4.79 Å². The molecule has 0 bridgehead atoms. The summed E-state index contributed by atoms with van der Waals surface area (Å²) in [5, 5.41) is 31.9. The van der Waals surface area contributed by atoms with Crippen LogP contribution in [0, 0.1) is 50.7 Å². The predicted octanol–water partition coefficient (Wildman–Crippen LogP) is 7.95. The number of ether oxygens (including phenoxy) is 1. The zero-order valence-electron chi connectivity index (χ0n) is 27.9. The Morgan fingerprint density at radius 3 is 2.36 bits per heavy atom. The van der Waals surface area contributed by atoms with E-state index in [1.165, 1.54) is 17.2 Å². The summed E-state index contributed by atoms with van der Waals surface area (Å²) in [6, 6.07) is 6.60. The van der Waals surface area contributed by atoms with Gasteiger partial charge in [0.25, 0.3) is 0 Å². The number of rotatable bonds is 4. The van der Waals surface area contributed by atoms with Gasteiger partial charge in [-0.25, -0.2) is 4.79 Å². The number of fused-ring (bicyclic) bond motifs is 7. The summed E-state index contributed by atoms with van der Waals surface area (Å²) in [6.07, 6.45) is 10.5. The molecule has 6 heteroatoms. The van der Waals surface area contributed by atoms with E-state index in [0.29, 0.717) is 25.2 Å². The van der Waals surface area contributed by atoms with Crippen LogP contribution in [0.1, 0.15) is 98.5 Å². The summed E-state index contributed by atoms with van der Waals surface area (Å²) in [4.78, 5) is 26.0. The Morgan fingerprint density at radius 2 is 1.69 bits per heavy atom. The molecule has 5 aliphatic carbocycles.